The van der Waals surface area contributed by atoms with Crippen LogP contribution in [0.25, 0.3) is 0 Å². The molecule has 0 N–H and O–H groups in total. The molecule has 0 saturated carbocycles. The highest BCUT2D eigenvalue weighted by Crippen LogP contribution is 2.23. The van der Waals surface area contributed by atoms with Crippen molar-refractivity contribution in [1.82, 2.24) is 15.0 Å². The van der Waals surface area contributed by atoms with Gasteiger partial charge in [0.2, 0.25) is 5.89 Å². The van der Waals surface area contributed by atoms with E-state index in [1.807, 2.05) is 18.9 Å². The van der Waals surface area contributed by atoms with Gasteiger partial charge in [0.15, 0.2) is 5.82 Å². The van der Waals surface area contributed by atoms with Crippen molar-refractivity contribution < 1.29 is 22.4 Å². The molecule has 5 nitrogen and oxygen atoms in total. The zero-order valence-electron chi connectivity index (χ0n) is 12.2. The zero-order chi connectivity index (χ0) is 16.2. The number of ether oxygens (including phenoxy) is 1. The average molecular weight is 315 g/mol. The van der Waals surface area contributed by atoms with E-state index < -0.39 is 6.36 Å². The van der Waals surface area contributed by atoms with Crippen molar-refractivity contribution in [1.29, 1.82) is 0 Å². The highest BCUT2D eigenvalue weighted by Gasteiger charge is 2.30. The van der Waals surface area contributed by atoms with Gasteiger partial charge in [0, 0.05) is 13.0 Å². The Kier molecular flexibility index (Phi) is 5.02. The summed E-state index contributed by atoms with van der Waals surface area (Å²) in [7, 11) is 1.86. The van der Waals surface area contributed by atoms with Gasteiger partial charge in [-0.05, 0) is 24.7 Å². The Morgan fingerprint density at radius 3 is 2.41 bits per heavy atom. The van der Waals surface area contributed by atoms with E-state index in [9.17, 15) is 13.2 Å². The zero-order valence-corrected chi connectivity index (χ0v) is 12.2. The minimum Gasteiger partial charge on any atom is -0.406 e. The molecule has 0 saturated heterocycles. The predicted molar refractivity (Wildman–Crippen MR) is 72.0 cm³/mol. The molecule has 1 aromatic heterocycles. The van der Waals surface area contributed by atoms with Gasteiger partial charge in [-0.1, -0.05) is 24.2 Å². The largest absolute Gasteiger partial charge is 0.573 e. The van der Waals surface area contributed by atoms with Crippen LogP contribution < -0.4 is 4.74 Å². The molecule has 1 heterocycles. The molecule has 2 rings (SSSR count). The van der Waals surface area contributed by atoms with Crippen LogP contribution in [0.2, 0.25) is 0 Å². The second kappa shape index (κ2) is 6.78. The third-order valence-electron chi connectivity index (χ3n) is 2.84. The molecular formula is C14H16F3N3O2. The molecule has 2 aromatic rings. The number of hydrogen-bond donors (Lipinski definition) is 0. The van der Waals surface area contributed by atoms with Gasteiger partial charge in [-0.3, -0.25) is 4.90 Å². The Morgan fingerprint density at radius 2 is 1.86 bits per heavy atom. The maximum absolute atomic E-state index is 12.1. The van der Waals surface area contributed by atoms with E-state index in [1.165, 1.54) is 12.1 Å². The topological polar surface area (TPSA) is 51.4 Å². The number of rotatable bonds is 6. The summed E-state index contributed by atoms with van der Waals surface area (Å²) in [5.41, 5.74) is 0.854. The van der Waals surface area contributed by atoms with Crippen molar-refractivity contribution in [2.24, 2.45) is 0 Å². The lowest BCUT2D eigenvalue weighted by Crippen LogP contribution is -2.18. The van der Waals surface area contributed by atoms with E-state index in [1.54, 1.807) is 12.1 Å². The van der Waals surface area contributed by atoms with E-state index in [-0.39, 0.29) is 5.75 Å². The number of halogens is 3. The molecule has 8 heteroatoms. The number of hydrogen-bond acceptors (Lipinski definition) is 5. The molecule has 1 aromatic carbocycles. The van der Waals surface area contributed by atoms with E-state index in [2.05, 4.69) is 14.9 Å². The standard InChI is InChI=1S/C14H16F3N3O2/c1-3-12-18-13(22-19-12)9-20(2)8-10-4-6-11(7-5-10)21-14(15,16)17/h4-7H,3,8-9H2,1-2H3. The third-order valence-corrected chi connectivity index (χ3v) is 2.84. The van der Waals surface area contributed by atoms with Crippen molar-refractivity contribution in [2.45, 2.75) is 32.8 Å². The minimum absolute atomic E-state index is 0.233. The van der Waals surface area contributed by atoms with Crippen molar-refractivity contribution >= 4 is 0 Å². The number of aromatic nitrogens is 2. The Morgan fingerprint density at radius 1 is 1.18 bits per heavy atom. The fraction of sp³-hybridized carbons (Fsp3) is 0.429. The van der Waals surface area contributed by atoms with E-state index in [4.69, 9.17) is 4.52 Å². The van der Waals surface area contributed by atoms with E-state index in [0.717, 1.165) is 5.56 Å². The van der Waals surface area contributed by atoms with Crippen molar-refractivity contribution in [3.63, 3.8) is 0 Å². The van der Waals surface area contributed by atoms with Gasteiger partial charge < -0.3 is 9.26 Å². The summed E-state index contributed by atoms with van der Waals surface area (Å²) in [4.78, 5) is 6.12. The van der Waals surface area contributed by atoms with Gasteiger partial charge >= 0.3 is 6.36 Å². The highest BCUT2D eigenvalue weighted by molar-refractivity contribution is 5.27. The smallest absolute Gasteiger partial charge is 0.406 e. The molecule has 0 bridgehead atoms. The first-order valence-electron chi connectivity index (χ1n) is 6.70. The van der Waals surface area contributed by atoms with Crippen LogP contribution in [0.4, 0.5) is 13.2 Å². The lowest BCUT2D eigenvalue weighted by Gasteiger charge is -2.15. The first kappa shape index (κ1) is 16.3. The summed E-state index contributed by atoms with van der Waals surface area (Å²) in [5.74, 6) is 0.928. The molecule has 0 unspecified atom stereocenters. The van der Waals surface area contributed by atoms with Crippen LogP contribution in [-0.4, -0.2) is 28.5 Å². The molecule has 120 valence electrons. The molecule has 0 aliphatic rings. The second-order valence-corrected chi connectivity index (χ2v) is 4.82. The van der Waals surface area contributed by atoms with Crippen LogP contribution in [-0.2, 0) is 19.5 Å². The summed E-state index contributed by atoms with van der Waals surface area (Å²) in [5, 5.41) is 3.80. The molecule has 0 spiro atoms. The van der Waals surface area contributed by atoms with Crippen LogP contribution in [0.3, 0.4) is 0 Å². The predicted octanol–water partition coefficient (Wildman–Crippen LogP) is 3.16. The average Bonchev–Trinajstić information content (AvgIpc) is 2.87. The summed E-state index contributed by atoms with van der Waals surface area (Å²) >= 11 is 0. The molecule has 0 atom stereocenters. The van der Waals surface area contributed by atoms with Gasteiger partial charge in [0.25, 0.3) is 0 Å². The van der Waals surface area contributed by atoms with Crippen LogP contribution in [0.15, 0.2) is 28.8 Å². The Labute approximate surface area is 125 Å². The lowest BCUT2D eigenvalue weighted by atomic mass is 10.2. The quantitative estimate of drug-likeness (QED) is 0.819. The van der Waals surface area contributed by atoms with Crippen molar-refractivity contribution in [3.8, 4) is 5.75 Å². The van der Waals surface area contributed by atoms with Gasteiger partial charge in [-0.25, -0.2) is 0 Å². The minimum atomic E-state index is -4.67. The summed E-state index contributed by atoms with van der Waals surface area (Å²) in [6.07, 6.45) is -3.97. The number of nitrogens with zero attached hydrogens (tertiary/aromatic N) is 3. The molecule has 22 heavy (non-hydrogen) atoms. The van der Waals surface area contributed by atoms with Crippen molar-refractivity contribution in [3.05, 3.63) is 41.5 Å². The molecule has 0 fully saturated rings. The molecule has 0 aliphatic heterocycles. The highest BCUT2D eigenvalue weighted by atomic mass is 19.4. The van der Waals surface area contributed by atoms with Crippen LogP contribution in [0, 0.1) is 0 Å². The summed E-state index contributed by atoms with van der Waals surface area (Å²) in [6.45, 7) is 2.94. The summed E-state index contributed by atoms with van der Waals surface area (Å²) < 4.78 is 45.1. The Hall–Kier alpha value is -2.09. The maximum Gasteiger partial charge on any atom is 0.573 e. The molecule has 0 aliphatic carbocycles. The lowest BCUT2D eigenvalue weighted by molar-refractivity contribution is -0.274. The third kappa shape index (κ3) is 5.03. The first-order chi connectivity index (χ1) is 10.4. The van der Waals surface area contributed by atoms with Crippen LogP contribution >= 0.6 is 0 Å². The second-order valence-electron chi connectivity index (χ2n) is 4.82. The van der Waals surface area contributed by atoms with Gasteiger partial charge in [-0.15, -0.1) is 13.2 Å². The SMILES string of the molecule is CCc1noc(CN(C)Cc2ccc(OC(F)(F)F)cc2)n1. The number of aryl methyl sites for hydroxylation is 1. The van der Waals surface area contributed by atoms with Gasteiger partial charge in [-0.2, -0.15) is 4.98 Å². The molecule has 0 amide bonds. The first-order valence-corrected chi connectivity index (χ1v) is 6.70. The van der Waals surface area contributed by atoms with E-state index in [0.29, 0.717) is 31.2 Å². The van der Waals surface area contributed by atoms with Gasteiger partial charge in [0.1, 0.15) is 5.75 Å². The van der Waals surface area contributed by atoms with E-state index >= 15 is 0 Å². The Bertz CT molecular complexity index is 596. The molecular weight excluding hydrogens is 299 g/mol. The summed E-state index contributed by atoms with van der Waals surface area (Å²) in [6, 6.07) is 5.75. The van der Waals surface area contributed by atoms with Crippen LogP contribution in [0.1, 0.15) is 24.2 Å². The van der Waals surface area contributed by atoms with Crippen LogP contribution in [0.5, 0.6) is 5.75 Å². The Balaban J connectivity index is 1.89. The fourth-order valence-electron chi connectivity index (χ4n) is 1.89. The monoisotopic (exact) mass is 315 g/mol. The maximum atomic E-state index is 12.1. The fourth-order valence-corrected chi connectivity index (χ4v) is 1.89. The van der Waals surface area contributed by atoms with Gasteiger partial charge in [0.05, 0.1) is 6.54 Å². The van der Waals surface area contributed by atoms with Crippen molar-refractivity contribution in [2.75, 3.05) is 7.05 Å². The number of alkyl halides is 3. The normalized spacial score (nSPS) is 11.9. The molecule has 0 radical (unpaired) electrons. The number of benzene rings is 1.